The first-order valence-corrected chi connectivity index (χ1v) is 14.8. The molecule has 0 saturated heterocycles. The number of carbonyl (C=O) groups excluding carboxylic acids is 2. The summed E-state index contributed by atoms with van der Waals surface area (Å²) in [6.07, 6.45) is 9.46. The fourth-order valence-corrected chi connectivity index (χ4v) is 5.07. The summed E-state index contributed by atoms with van der Waals surface area (Å²) in [5, 5.41) is 17.4. The molecular weight excluding hydrogens is 514 g/mol. The van der Waals surface area contributed by atoms with Gasteiger partial charge in [-0.15, -0.1) is 0 Å². The van der Waals surface area contributed by atoms with Crippen LogP contribution in [0.3, 0.4) is 0 Å². The number of rotatable bonds is 9. The van der Waals surface area contributed by atoms with Crippen molar-refractivity contribution < 1.29 is 19.1 Å². The first-order chi connectivity index (χ1) is 19.5. The Morgan fingerprint density at radius 1 is 0.976 bits per heavy atom. The van der Waals surface area contributed by atoms with Gasteiger partial charge in [-0.25, -0.2) is 0 Å². The van der Waals surface area contributed by atoms with Crippen LogP contribution in [-0.2, 0) is 20.7 Å². The molecule has 0 bridgehead atoms. The van der Waals surface area contributed by atoms with Crippen molar-refractivity contribution in [2.45, 2.75) is 99.8 Å². The summed E-state index contributed by atoms with van der Waals surface area (Å²) in [6, 6.07) is 9.68. The standard InChI is InChI=1S/C18H27NO2.C12H16N2O.C4H8O/c1-4-5-14-7-9-15(10-8-14)18(20)19-16-11-6-13(2)17(12-16)21-3;1-4-11-8(2)5-10(6-9(11)3)12(14)15-7-13;1-3-4(2)5/h6,11-12,14-15H,4-5,7-10H2,1-3H3,(H,19,20);5-7,13-14H,4H2,1-3H3;3H2,1-2H3. The number of anilines is 1. The van der Waals surface area contributed by atoms with Crippen molar-refractivity contribution in [1.82, 2.24) is 0 Å². The maximum absolute atomic E-state index is 12.4. The quantitative estimate of drug-likeness (QED) is 0.209. The van der Waals surface area contributed by atoms with Crippen LogP contribution in [0.2, 0.25) is 0 Å². The molecule has 1 amide bonds. The molecular formula is C34H51N3O4. The van der Waals surface area contributed by atoms with Gasteiger partial charge in [0, 0.05) is 29.7 Å². The maximum atomic E-state index is 12.4. The number of aryl methyl sites for hydroxylation is 3. The highest BCUT2D eigenvalue weighted by Crippen LogP contribution is 2.32. The number of ether oxygens (including phenoxy) is 2. The van der Waals surface area contributed by atoms with E-state index in [2.05, 4.69) is 19.2 Å². The van der Waals surface area contributed by atoms with E-state index in [1.165, 1.54) is 42.4 Å². The average molecular weight is 566 g/mol. The molecule has 0 aromatic heterocycles. The predicted octanol–water partition coefficient (Wildman–Crippen LogP) is 8.35. The molecule has 2 aromatic rings. The van der Waals surface area contributed by atoms with E-state index in [0.717, 1.165) is 54.1 Å². The number of ketones is 1. The van der Waals surface area contributed by atoms with Crippen LogP contribution in [0.4, 0.5) is 5.69 Å². The van der Waals surface area contributed by atoms with Crippen LogP contribution in [0.5, 0.6) is 5.75 Å². The molecule has 0 atom stereocenters. The van der Waals surface area contributed by atoms with Crippen LogP contribution in [-0.4, -0.2) is 31.1 Å². The summed E-state index contributed by atoms with van der Waals surface area (Å²) in [5.74, 6) is 2.27. The van der Waals surface area contributed by atoms with Crippen LogP contribution in [0.1, 0.15) is 100 Å². The van der Waals surface area contributed by atoms with Gasteiger partial charge in [0.25, 0.3) is 0 Å². The average Bonchev–Trinajstić information content (AvgIpc) is 2.95. The van der Waals surface area contributed by atoms with E-state index >= 15 is 0 Å². The number of methoxy groups -OCH3 is 1. The van der Waals surface area contributed by atoms with Crippen LogP contribution < -0.4 is 10.1 Å². The number of hydrogen-bond acceptors (Lipinski definition) is 6. The highest BCUT2D eigenvalue weighted by atomic mass is 16.5. The van der Waals surface area contributed by atoms with Gasteiger partial charge in [0.1, 0.15) is 11.5 Å². The van der Waals surface area contributed by atoms with Gasteiger partial charge >= 0.3 is 0 Å². The SMILES string of the molecule is CCC(C)=O.CCCC1CCC(C(=O)Nc2ccc(C)c(OC)c2)CC1.CCc1c(C)cc(C(=N)OC=N)cc1C. The molecule has 0 heterocycles. The predicted molar refractivity (Wildman–Crippen MR) is 170 cm³/mol. The molecule has 1 fully saturated rings. The Balaban J connectivity index is 0.000000367. The monoisotopic (exact) mass is 565 g/mol. The molecule has 1 saturated carbocycles. The Morgan fingerprint density at radius 2 is 1.56 bits per heavy atom. The van der Waals surface area contributed by atoms with Gasteiger partial charge in [-0.05, 0) is 106 Å². The van der Waals surface area contributed by atoms with E-state index in [9.17, 15) is 9.59 Å². The maximum Gasteiger partial charge on any atom is 0.227 e. The summed E-state index contributed by atoms with van der Waals surface area (Å²) < 4.78 is 10.0. The van der Waals surface area contributed by atoms with Crippen molar-refractivity contribution in [3.05, 3.63) is 58.1 Å². The Labute approximate surface area is 247 Å². The fraction of sp³-hybridized carbons (Fsp3) is 0.529. The van der Waals surface area contributed by atoms with Gasteiger partial charge in [-0.1, -0.05) is 39.7 Å². The van der Waals surface area contributed by atoms with Gasteiger partial charge in [0.15, 0.2) is 6.40 Å². The molecule has 0 spiro atoms. The summed E-state index contributed by atoms with van der Waals surface area (Å²) in [5.41, 5.74) is 6.30. The molecule has 226 valence electrons. The third-order valence-corrected chi connectivity index (χ3v) is 7.58. The number of amides is 1. The molecule has 3 N–H and O–H groups in total. The third-order valence-electron chi connectivity index (χ3n) is 7.58. The molecule has 41 heavy (non-hydrogen) atoms. The topological polar surface area (TPSA) is 112 Å². The Morgan fingerprint density at radius 3 is 2.02 bits per heavy atom. The zero-order chi connectivity index (χ0) is 30.9. The molecule has 7 heteroatoms. The smallest absolute Gasteiger partial charge is 0.227 e. The second-order valence-corrected chi connectivity index (χ2v) is 10.7. The van der Waals surface area contributed by atoms with E-state index in [-0.39, 0.29) is 23.5 Å². The lowest BCUT2D eigenvalue weighted by atomic mass is 9.80. The molecule has 0 unspecified atom stereocenters. The normalized spacial score (nSPS) is 15.7. The van der Waals surface area contributed by atoms with Crippen LogP contribution in [0.25, 0.3) is 0 Å². The minimum absolute atomic E-state index is 0.0267. The largest absolute Gasteiger partial charge is 0.496 e. The lowest BCUT2D eigenvalue weighted by Gasteiger charge is -2.27. The van der Waals surface area contributed by atoms with Crippen LogP contribution in [0, 0.1) is 43.4 Å². The van der Waals surface area contributed by atoms with E-state index < -0.39 is 0 Å². The van der Waals surface area contributed by atoms with E-state index in [1.54, 1.807) is 14.0 Å². The Kier molecular flexibility index (Phi) is 16.3. The second kappa shape index (κ2) is 18.8. The fourth-order valence-electron chi connectivity index (χ4n) is 5.07. The first kappa shape index (κ1) is 35.5. The summed E-state index contributed by atoms with van der Waals surface area (Å²) >= 11 is 0. The highest BCUT2D eigenvalue weighted by Gasteiger charge is 2.26. The van der Waals surface area contributed by atoms with Crippen molar-refractivity contribution >= 4 is 29.7 Å². The van der Waals surface area contributed by atoms with E-state index in [4.69, 9.17) is 20.3 Å². The van der Waals surface area contributed by atoms with Gasteiger partial charge in [0.2, 0.25) is 11.8 Å². The van der Waals surface area contributed by atoms with Gasteiger partial charge in [-0.3, -0.25) is 15.6 Å². The van der Waals surface area contributed by atoms with Gasteiger partial charge in [-0.2, -0.15) is 0 Å². The van der Waals surface area contributed by atoms with Gasteiger partial charge < -0.3 is 19.6 Å². The van der Waals surface area contributed by atoms with Crippen molar-refractivity contribution in [3.8, 4) is 5.75 Å². The molecule has 0 radical (unpaired) electrons. The zero-order valence-corrected chi connectivity index (χ0v) is 26.4. The number of nitrogens with one attached hydrogen (secondary N) is 3. The lowest BCUT2D eigenvalue weighted by molar-refractivity contribution is -0.121. The van der Waals surface area contributed by atoms with E-state index in [0.29, 0.717) is 6.42 Å². The number of benzene rings is 2. The summed E-state index contributed by atoms with van der Waals surface area (Å²) in [6.45, 7) is 13.9. The third kappa shape index (κ3) is 12.3. The minimum atomic E-state index is 0.0267. The van der Waals surface area contributed by atoms with Crippen molar-refractivity contribution in [1.29, 1.82) is 10.8 Å². The van der Waals surface area contributed by atoms with Gasteiger partial charge in [0.05, 0.1) is 7.11 Å². The van der Waals surface area contributed by atoms with Crippen LogP contribution >= 0.6 is 0 Å². The molecule has 1 aliphatic carbocycles. The number of Topliss-reactive ketones (excluding diaryl/α,β-unsaturated/α-hetero) is 1. The summed E-state index contributed by atoms with van der Waals surface area (Å²) in [7, 11) is 1.66. The zero-order valence-electron chi connectivity index (χ0n) is 26.4. The summed E-state index contributed by atoms with van der Waals surface area (Å²) in [4.78, 5) is 22.2. The molecule has 1 aliphatic rings. The molecule has 0 aliphatic heterocycles. The Hall–Kier alpha value is -3.48. The van der Waals surface area contributed by atoms with Crippen molar-refractivity contribution in [2.75, 3.05) is 12.4 Å². The van der Waals surface area contributed by atoms with Crippen molar-refractivity contribution in [3.63, 3.8) is 0 Å². The molecule has 2 aromatic carbocycles. The second-order valence-electron chi connectivity index (χ2n) is 10.7. The number of carbonyl (C=O) groups is 2. The minimum Gasteiger partial charge on any atom is -0.496 e. The number of hydrogen-bond donors (Lipinski definition) is 3. The highest BCUT2D eigenvalue weighted by molar-refractivity contribution is 5.95. The molecule has 3 rings (SSSR count). The van der Waals surface area contributed by atoms with E-state index in [1.807, 2.05) is 58.0 Å². The van der Waals surface area contributed by atoms with Crippen molar-refractivity contribution in [2.24, 2.45) is 11.8 Å². The first-order valence-electron chi connectivity index (χ1n) is 14.8. The van der Waals surface area contributed by atoms with Crippen LogP contribution in [0.15, 0.2) is 30.3 Å². The molecule has 7 nitrogen and oxygen atoms in total. The Bertz CT molecular complexity index is 1130. The lowest BCUT2D eigenvalue weighted by Crippen LogP contribution is -2.27.